The van der Waals surface area contributed by atoms with Gasteiger partial charge >= 0.3 is 5.97 Å². The van der Waals surface area contributed by atoms with Gasteiger partial charge in [-0.25, -0.2) is 0 Å². The highest BCUT2D eigenvalue weighted by Gasteiger charge is 2.32. The van der Waals surface area contributed by atoms with Gasteiger partial charge in [-0.1, -0.05) is 6.42 Å². The SMILES string of the molecule is COC(=O)C1CCCCN1CC(=O)N1CCC1. The molecule has 1 atom stereocenters. The number of rotatable bonds is 3. The Balaban J connectivity index is 1.91. The van der Waals surface area contributed by atoms with Crippen LogP contribution in [0.15, 0.2) is 0 Å². The van der Waals surface area contributed by atoms with Gasteiger partial charge in [-0.2, -0.15) is 0 Å². The van der Waals surface area contributed by atoms with Gasteiger partial charge in [0.05, 0.1) is 13.7 Å². The van der Waals surface area contributed by atoms with E-state index in [1.807, 2.05) is 9.80 Å². The fraction of sp³-hybridized carbons (Fsp3) is 0.833. The van der Waals surface area contributed by atoms with E-state index in [2.05, 4.69) is 0 Å². The van der Waals surface area contributed by atoms with E-state index >= 15 is 0 Å². The summed E-state index contributed by atoms with van der Waals surface area (Å²) in [4.78, 5) is 27.3. The maximum absolute atomic E-state index is 11.9. The van der Waals surface area contributed by atoms with Gasteiger partial charge in [0.1, 0.15) is 6.04 Å². The summed E-state index contributed by atoms with van der Waals surface area (Å²) in [6, 6.07) is -0.223. The molecule has 0 saturated carbocycles. The molecule has 2 rings (SSSR count). The second-order valence-electron chi connectivity index (χ2n) is 4.74. The quantitative estimate of drug-likeness (QED) is 0.663. The van der Waals surface area contributed by atoms with E-state index < -0.39 is 0 Å². The summed E-state index contributed by atoms with van der Waals surface area (Å²) in [5.74, 6) is -0.0619. The first kappa shape index (κ1) is 12.4. The largest absolute Gasteiger partial charge is 0.468 e. The molecule has 2 aliphatic rings. The van der Waals surface area contributed by atoms with Gasteiger partial charge in [0.15, 0.2) is 0 Å². The molecule has 1 unspecified atom stereocenters. The normalized spacial score (nSPS) is 25.2. The molecule has 5 heteroatoms. The summed E-state index contributed by atoms with van der Waals surface area (Å²) >= 11 is 0. The first-order valence-electron chi connectivity index (χ1n) is 6.32. The fourth-order valence-corrected chi connectivity index (χ4v) is 2.42. The van der Waals surface area contributed by atoms with Crippen LogP contribution in [0.25, 0.3) is 0 Å². The van der Waals surface area contributed by atoms with E-state index in [1.54, 1.807) is 0 Å². The smallest absolute Gasteiger partial charge is 0.323 e. The third kappa shape index (κ3) is 2.77. The fourth-order valence-electron chi connectivity index (χ4n) is 2.42. The second kappa shape index (κ2) is 5.49. The molecule has 0 aromatic rings. The van der Waals surface area contributed by atoms with E-state index in [0.717, 1.165) is 45.3 Å². The zero-order valence-corrected chi connectivity index (χ0v) is 10.4. The molecule has 17 heavy (non-hydrogen) atoms. The highest BCUT2D eigenvalue weighted by molar-refractivity contribution is 5.81. The van der Waals surface area contributed by atoms with Crippen molar-refractivity contribution in [2.75, 3.05) is 33.3 Å². The molecule has 0 aromatic heterocycles. The Labute approximate surface area is 102 Å². The number of ether oxygens (including phenoxy) is 1. The summed E-state index contributed by atoms with van der Waals surface area (Å²) in [5, 5.41) is 0. The van der Waals surface area contributed by atoms with Crippen LogP contribution in [-0.2, 0) is 14.3 Å². The highest BCUT2D eigenvalue weighted by Crippen LogP contribution is 2.18. The summed E-state index contributed by atoms with van der Waals surface area (Å²) in [6.45, 7) is 2.92. The molecule has 0 spiro atoms. The maximum atomic E-state index is 11.9. The van der Waals surface area contributed by atoms with Crippen LogP contribution < -0.4 is 0 Å². The van der Waals surface area contributed by atoms with E-state index in [1.165, 1.54) is 7.11 Å². The van der Waals surface area contributed by atoms with Gasteiger partial charge in [0.25, 0.3) is 0 Å². The van der Waals surface area contributed by atoms with Gasteiger partial charge in [0.2, 0.25) is 5.91 Å². The minimum absolute atomic E-state index is 0.145. The van der Waals surface area contributed by atoms with Crippen LogP contribution in [0.1, 0.15) is 25.7 Å². The molecule has 2 saturated heterocycles. The van der Waals surface area contributed by atoms with Crippen molar-refractivity contribution in [3.63, 3.8) is 0 Å². The van der Waals surface area contributed by atoms with E-state index in [0.29, 0.717) is 6.54 Å². The number of esters is 1. The molecular formula is C12H20N2O3. The first-order valence-corrected chi connectivity index (χ1v) is 6.32. The lowest BCUT2D eigenvalue weighted by molar-refractivity contribution is -0.150. The Morgan fingerprint density at radius 2 is 1.94 bits per heavy atom. The molecule has 0 N–H and O–H groups in total. The number of carbonyl (C=O) groups excluding carboxylic acids is 2. The molecule has 2 fully saturated rings. The summed E-state index contributed by atoms with van der Waals surface area (Å²) in [5.41, 5.74) is 0. The summed E-state index contributed by atoms with van der Waals surface area (Å²) in [7, 11) is 1.41. The number of likely N-dealkylation sites (tertiary alicyclic amines) is 2. The molecule has 96 valence electrons. The number of nitrogens with zero attached hydrogens (tertiary/aromatic N) is 2. The number of amides is 1. The van der Waals surface area contributed by atoms with Crippen molar-refractivity contribution in [2.24, 2.45) is 0 Å². The van der Waals surface area contributed by atoms with Crippen molar-refractivity contribution in [2.45, 2.75) is 31.7 Å². The summed E-state index contributed by atoms with van der Waals surface area (Å²) < 4.78 is 4.80. The average Bonchev–Trinajstić information content (AvgIpc) is 2.26. The third-order valence-corrected chi connectivity index (χ3v) is 3.63. The molecule has 0 radical (unpaired) electrons. The number of piperidine rings is 1. The van der Waals surface area contributed by atoms with Gasteiger partial charge in [-0.15, -0.1) is 0 Å². The van der Waals surface area contributed by atoms with Gasteiger partial charge in [-0.3, -0.25) is 14.5 Å². The first-order chi connectivity index (χ1) is 8.22. The zero-order valence-electron chi connectivity index (χ0n) is 10.4. The Kier molecular flexibility index (Phi) is 3.99. The van der Waals surface area contributed by atoms with Crippen molar-refractivity contribution >= 4 is 11.9 Å². The topological polar surface area (TPSA) is 49.9 Å². The number of methoxy groups -OCH3 is 1. The monoisotopic (exact) mass is 240 g/mol. The predicted molar refractivity (Wildman–Crippen MR) is 62.4 cm³/mol. The Morgan fingerprint density at radius 1 is 1.18 bits per heavy atom. The number of hydrogen-bond donors (Lipinski definition) is 0. The van der Waals surface area contributed by atoms with Gasteiger partial charge < -0.3 is 9.64 Å². The van der Waals surface area contributed by atoms with Crippen molar-refractivity contribution in [3.8, 4) is 0 Å². The van der Waals surface area contributed by atoms with Crippen LogP contribution in [0.4, 0.5) is 0 Å². The maximum Gasteiger partial charge on any atom is 0.323 e. The standard InChI is InChI=1S/C12H20N2O3/c1-17-12(16)10-5-2-3-6-14(10)9-11(15)13-7-4-8-13/h10H,2-9H2,1H3. The summed E-state index contributed by atoms with van der Waals surface area (Å²) in [6.07, 6.45) is 4.00. The molecule has 2 heterocycles. The number of carbonyl (C=O) groups is 2. The highest BCUT2D eigenvalue weighted by atomic mass is 16.5. The molecule has 0 bridgehead atoms. The second-order valence-corrected chi connectivity index (χ2v) is 4.74. The lowest BCUT2D eigenvalue weighted by Crippen LogP contribution is -2.52. The zero-order chi connectivity index (χ0) is 12.3. The van der Waals surface area contributed by atoms with E-state index in [-0.39, 0.29) is 17.9 Å². The van der Waals surface area contributed by atoms with Crippen molar-refractivity contribution in [1.29, 1.82) is 0 Å². The third-order valence-electron chi connectivity index (χ3n) is 3.63. The Morgan fingerprint density at radius 3 is 2.53 bits per heavy atom. The number of hydrogen-bond acceptors (Lipinski definition) is 4. The lowest BCUT2D eigenvalue weighted by Gasteiger charge is -2.37. The molecule has 1 amide bonds. The van der Waals surface area contributed by atoms with Gasteiger partial charge in [-0.05, 0) is 25.8 Å². The van der Waals surface area contributed by atoms with Crippen LogP contribution in [0.2, 0.25) is 0 Å². The van der Waals surface area contributed by atoms with E-state index in [9.17, 15) is 9.59 Å². The lowest BCUT2D eigenvalue weighted by atomic mass is 10.0. The van der Waals surface area contributed by atoms with Crippen molar-refractivity contribution in [1.82, 2.24) is 9.80 Å². The van der Waals surface area contributed by atoms with Crippen molar-refractivity contribution in [3.05, 3.63) is 0 Å². The van der Waals surface area contributed by atoms with Crippen LogP contribution in [0, 0.1) is 0 Å². The van der Waals surface area contributed by atoms with Gasteiger partial charge in [0, 0.05) is 13.1 Å². The van der Waals surface area contributed by atoms with Crippen LogP contribution >= 0.6 is 0 Å². The van der Waals surface area contributed by atoms with Crippen molar-refractivity contribution < 1.29 is 14.3 Å². The van der Waals surface area contributed by atoms with Crippen LogP contribution in [0.3, 0.4) is 0 Å². The van der Waals surface area contributed by atoms with Crippen LogP contribution in [-0.4, -0.2) is 61.0 Å². The molecule has 2 aliphatic heterocycles. The minimum Gasteiger partial charge on any atom is -0.468 e. The molecule has 5 nitrogen and oxygen atoms in total. The Hall–Kier alpha value is -1.10. The molecule has 0 aromatic carbocycles. The van der Waals surface area contributed by atoms with Crippen LogP contribution in [0.5, 0.6) is 0 Å². The molecule has 0 aliphatic carbocycles. The minimum atomic E-state index is -0.223. The predicted octanol–water partition coefficient (Wildman–Crippen LogP) is 0.246. The Bertz CT molecular complexity index is 302. The molecular weight excluding hydrogens is 220 g/mol. The average molecular weight is 240 g/mol. The van der Waals surface area contributed by atoms with E-state index in [4.69, 9.17) is 4.74 Å².